The highest BCUT2D eigenvalue weighted by molar-refractivity contribution is 9.10. The maximum absolute atomic E-state index is 11.1. The van der Waals surface area contributed by atoms with E-state index in [-0.39, 0.29) is 17.6 Å². The Morgan fingerprint density at radius 1 is 1.60 bits per heavy atom. The van der Waals surface area contributed by atoms with Crippen LogP contribution in [0.1, 0.15) is 18.9 Å². The fourth-order valence-corrected chi connectivity index (χ4v) is 3.05. The van der Waals surface area contributed by atoms with E-state index in [0.717, 1.165) is 12.1 Å². The van der Waals surface area contributed by atoms with Crippen LogP contribution in [0.25, 0.3) is 0 Å². The summed E-state index contributed by atoms with van der Waals surface area (Å²) in [6, 6.07) is 4.62. The highest BCUT2D eigenvalue weighted by Gasteiger charge is 2.35. The Balaban J connectivity index is 2.11. The summed E-state index contributed by atoms with van der Waals surface area (Å²) in [6.45, 7) is 3.22. The maximum atomic E-state index is 11.1. The first-order valence-electron chi connectivity index (χ1n) is 6.30. The van der Waals surface area contributed by atoms with E-state index in [4.69, 9.17) is 5.11 Å². The molecule has 2 atom stereocenters. The average Bonchev–Trinajstić information content (AvgIpc) is 2.73. The zero-order valence-corrected chi connectivity index (χ0v) is 12.5. The first-order valence-corrected chi connectivity index (χ1v) is 7.09. The van der Waals surface area contributed by atoms with Crippen molar-refractivity contribution in [2.24, 2.45) is 5.92 Å². The minimum absolute atomic E-state index is 0.0328. The van der Waals surface area contributed by atoms with Gasteiger partial charge in [0, 0.05) is 29.2 Å². The van der Waals surface area contributed by atoms with Gasteiger partial charge >= 0.3 is 5.97 Å². The molecule has 0 aromatic heterocycles. The minimum Gasteiger partial charge on any atom is -0.481 e. The lowest BCUT2D eigenvalue weighted by Gasteiger charge is -2.23. The Morgan fingerprint density at radius 2 is 2.30 bits per heavy atom. The first-order chi connectivity index (χ1) is 9.40. The number of halogens is 1. The number of non-ortho nitro benzene ring substituents is 1. The summed E-state index contributed by atoms with van der Waals surface area (Å²) in [5.74, 6) is -1.10. The predicted octanol–water partition coefficient (Wildman–Crippen LogP) is 2.65. The van der Waals surface area contributed by atoms with Gasteiger partial charge in [0.2, 0.25) is 0 Å². The van der Waals surface area contributed by atoms with Crippen LogP contribution >= 0.6 is 15.9 Å². The lowest BCUT2D eigenvalue weighted by molar-refractivity contribution is -0.384. The number of nitro groups is 1. The summed E-state index contributed by atoms with van der Waals surface area (Å²) in [6.07, 6.45) is 0.640. The Hall–Kier alpha value is -1.47. The summed E-state index contributed by atoms with van der Waals surface area (Å²) in [7, 11) is 0. The number of nitro benzene ring substituents is 1. The van der Waals surface area contributed by atoms with Gasteiger partial charge in [0.25, 0.3) is 5.69 Å². The Morgan fingerprint density at radius 3 is 2.80 bits per heavy atom. The molecule has 1 aromatic carbocycles. The van der Waals surface area contributed by atoms with Crippen LogP contribution in [0.5, 0.6) is 0 Å². The van der Waals surface area contributed by atoms with Crippen molar-refractivity contribution in [1.29, 1.82) is 0 Å². The smallest absolute Gasteiger partial charge is 0.308 e. The summed E-state index contributed by atoms with van der Waals surface area (Å²) in [5, 5.41) is 19.8. The number of carboxylic acid groups (broad SMARTS) is 1. The molecule has 2 rings (SSSR count). The van der Waals surface area contributed by atoms with Crippen molar-refractivity contribution in [2.75, 3.05) is 6.54 Å². The van der Waals surface area contributed by atoms with Gasteiger partial charge in [-0.15, -0.1) is 0 Å². The van der Waals surface area contributed by atoms with Crippen LogP contribution in [0.2, 0.25) is 0 Å². The van der Waals surface area contributed by atoms with Gasteiger partial charge in [-0.2, -0.15) is 0 Å². The Kier molecular flexibility index (Phi) is 4.39. The van der Waals surface area contributed by atoms with Crippen molar-refractivity contribution in [3.63, 3.8) is 0 Å². The second-order valence-electron chi connectivity index (χ2n) is 4.98. The molecule has 2 unspecified atom stereocenters. The third-order valence-electron chi connectivity index (χ3n) is 3.82. The van der Waals surface area contributed by atoms with Gasteiger partial charge in [0.15, 0.2) is 0 Å². The molecule has 0 bridgehead atoms. The third kappa shape index (κ3) is 2.99. The van der Waals surface area contributed by atoms with Gasteiger partial charge in [-0.25, -0.2) is 0 Å². The number of likely N-dealkylation sites (tertiary alicyclic amines) is 1. The van der Waals surface area contributed by atoms with E-state index in [1.807, 2.05) is 6.92 Å². The Bertz CT molecular complexity index is 549. The average molecular weight is 343 g/mol. The van der Waals surface area contributed by atoms with Crippen LogP contribution in [-0.4, -0.2) is 33.5 Å². The molecule has 20 heavy (non-hydrogen) atoms. The summed E-state index contributed by atoms with van der Waals surface area (Å²) in [4.78, 5) is 23.4. The largest absolute Gasteiger partial charge is 0.481 e. The molecule has 1 fully saturated rings. The topological polar surface area (TPSA) is 83.7 Å². The molecule has 1 heterocycles. The van der Waals surface area contributed by atoms with Gasteiger partial charge in [0.05, 0.1) is 10.8 Å². The Labute approximate surface area is 124 Å². The van der Waals surface area contributed by atoms with Crippen molar-refractivity contribution in [2.45, 2.75) is 25.9 Å². The zero-order valence-electron chi connectivity index (χ0n) is 11.0. The summed E-state index contributed by atoms with van der Waals surface area (Å²) >= 11 is 3.34. The van der Waals surface area contributed by atoms with E-state index in [2.05, 4.69) is 20.8 Å². The molecule has 0 saturated carbocycles. The number of carboxylic acids is 1. The minimum atomic E-state index is -0.761. The van der Waals surface area contributed by atoms with E-state index in [9.17, 15) is 14.9 Å². The SMILES string of the molecule is CC1C(C(=O)O)CCN1Cc1ccc([N+](=O)[O-])cc1Br. The van der Waals surface area contributed by atoms with Crippen LogP contribution in [0, 0.1) is 16.0 Å². The second kappa shape index (κ2) is 5.88. The molecule has 1 saturated heterocycles. The molecule has 6 nitrogen and oxygen atoms in total. The molecular formula is C13H15BrN2O4. The molecule has 1 aromatic rings. The standard InChI is InChI=1S/C13H15BrN2O4/c1-8-11(13(17)18)4-5-15(8)7-9-2-3-10(16(19)20)6-12(9)14/h2-3,6,8,11H,4-5,7H2,1H3,(H,17,18). The van der Waals surface area contributed by atoms with Gasteiger partial charge in [0.1, 0.15) is 0 Å². The molecule has 7 heteroatoms. The van der Waals surface area contributed by atoms with Crippen LogP contribution in [0.3, 0.4) is 0 Å². The molecule has 1 aliphatic rings. The monoisotopic (exact) mass is 342 g/mol. The van der Waals surface area contributed by atoms with Gasteiger partial charge in [-0.1, -0.05) is 15.9 Å². The number of benzene rings is 1. The van der Waals surface area contributed by atoms with Crippen LogP contribution < -0.4 is 0 Å². The second-order valence-corrected chi connectivity index (χ2v) is 5.83. The number of hydrogen-bond donors (Lipinski definition) is 1. The first kappa shape index (κ1) is 14.9. The number of rotatable bonds is 4. The van der Waals surface area contributed by atoms with E-state index < -0.39 is 10.9 Å². The normalized spacial score (nSPS) is 22.9. The molecule has 0 spiro atoms. The highest BCUT2D eigenvalue weighted by Crippen LogP contribution is 2.29. The van der Waals surface area contributed by atoms with Gasteiger partial charge < -0.3 is 5.11 Å². The van der Waals surface area contributed by atoms with Crippen molar-refractivity contribution in [3.8, 4) is 0 Å². The fourth-order valence-electron chi connectivity index (χ4n) is 2.55. The van der Waals surface area contributed by atoms with Gasteiger partial charge in [-0.3, -0.25) is 19.8 Å². The predicted molar refractivity (Wildman–Crippen MR) is 76.4 cm³/mol. The number of carbonyl (C=O) groups is 1. The van der Waals surface area contributed by atoms with E-state index in [1.54, 1.807) is 6.07 Å². The maximum Gasteiger partial charge on any atom is 0.308 e. The molecule has 108 valence electrons. The van der Waals surface area contributed by atoms with Crippen molar-refractivity contribution in [3.05, 3.63) is 38.3 Å². The lowest BCUT2D eigenvalue weighted by Crippen LogP contribution is -2.32. The summed E-state index contributed by atoms with van der Waals surface area (Å²) in [5.41, 5.74) is 0.965. The molecular weight excluding hydrogens is 328 g/mol. The van der Waals surface area contributed by atoms with E-state index >= 15 is 0 Å². The fraction of sp³-hybridized carbons (Fsp3) is 0.462. The number of nitrogens with zero attached hydrogens (tertiary/aromatic N) is 2. The van der Waals surface area contributed by atoms with E-state index in [0.29, 0.717) is 17.4 Å². The zero-order chi connectivity index (χ0) is 14.9. The van der Waals surface area contributed by atoms with E-state index in [1.165, 1.54) is 12.1 Å². The van der Waals surface area contributed by atoms with Crippen molar-refractivity contribution < 1.29 is 14.8 Å². The summed E-state index contributed by atoms with van der Waals surface area (Å²) < 4.78 is 0.678. The van der Waals surface area contributed by atoms with Crippen LogP contribution in [0.4, 0.5) is 5.69 Å². The number of aliphatic carboxylic acids is 1. The van der Waals surface area contributed by atoms with Crippen molar-refractivity contribution >= 4 is 27.6 Å². The van der Waals surface area contributed by atoms with Crippen LogP contribution in [0.15, 0.2) is 22.7 Å². The molecule has 1 N–H and O–H groups in total. The van der Waals surface area contributed by atoms with Crippen molar-refractivity contribution in [1.82, 2.24) is 4.90 Å². The lowest BCUT2D eigenvalue weighted by atomic mass is 10.0. The third-order valence-corrected chi connectivity index (χ3v) is 4.56. The number of hydrogen-bond acceptors (Lipinski definition) is 4. The van der Waals surface area contributed by atoms with Gasteiger partial charge in [-0.05, 0) is 31.5 Å². The molecule has 1 aliphatic heterocycles. The molecule has 0 amide bonds. The quantitative estimate of drug-likeness (QED) is 0.671. The van der Waals surface area contributed by atoms with Crippen LogP contribution in [-0.2, 0) is 11.3 Å². The molecule has 0 radical (unpaired) electrons. The highest BCUT2D eigenvalue weighted by atomic mass is 79.9. The molecule has 0 aliphatic carbocycles.